The molecular formula is C21H17F3N4O3. The molecule has 1 aromatic heterocycles. The van der Waals surface area contributed by atoms with Crippen LogP contribution in [0.5, 0.6) is 11.5 Å². The normalized spacial score (nSPS) is 13.1. The quantitative estimate of drug-likeness (QED) is 0.599. The number of ether oxygens (including phenoxy) is 2. The van der Waals surface area contributed by atoms with Gasteiger partial charge in [0.15, 0.2) is 5.82 Å². The van der Waals surface area contributed by atoms with E-state index >= 15 is 0 Å². The molecule has 0 saturated heterocycles. The molecule has 0 bridgehead atoms. The van der Waals surface area contributed by atoms with Crippen molar-refractivity contribution in [2.45, 2.75) is 6.36 Å². The number of anilines is 4. The number of carbonyl (C=O) groups excluding carboxylic acids is 1. The van der Waals surface area contributed by atoms with Gasteiger partial charge >= 0.3 is 12.4 Å². The number of pyridine rings is 1. The molecule has 0 radical (unpaired) electrons. The summed E-state index contributed by atoms with van der Waals surface area (Å²) in [6, 6.07) is 15.2. The topological polar surface area (TPSA) is 75.7 Å². The Labute approximate surface area is 175 Å². The van der Waals surface area contributed by atoms with E-state index < -0.39 is 12.4 Å². The number of nitrogens with zero attached hydrogens (tertiary/aromatic N) is 2. The third-order valence-electron chi connectivity index (χ3n) is 4.36. The summed E-state index contributed by atoms with van der Waals surface area (Å²) in [5.74, 6) is 0.886. The van der Waals surface area contributed by atoms with Crippen LogP contribution in [0.3, 0.4) is 0 Å². The maximum Gasteiger partial charge on any atom is 0.573 e. The van der Waals surface area contributed by atoms with E-state index in [0.29, 0.717) is 30.3 Å². The lowest BCUT2D eigenvalue weighted by atomic mass is 10.2. The summed E-state index contributed by atoms with van der Waals surface area (Å²) in [4.78, 5) is 18.8. The molecule has 2 amide bonds. The largest absolute Gasteiger partial charge is 0.573 e. The Morgan fingerprint density at radius 3 is 2.58 bits per heavy atom. The number of carbonyl (C=O) groups is 1. The van der Waals surface area contributed by atoms with Gasteiger partial charge in [0, 0.05) is 11.9 Å². The van der Waals surface area contributed by atoms with Gasteiger partial charge in [-0.15, -0.1) is 13.2 Å². The summed E-state index contributed by atoms with van der Waals surface area (Å²) in [5, 5.41) is 5.31. The van der Waals surface area contributed by atoms with Crippen LogP contribution in [0.1, 0.15) is 0 Å². The SMILES string of the molecule is O=C(Nc1ccc(OC(F)(F)F)cc1)Nc1cccnc1N1CCOc2ccccc21. The molecule has 7 nitrogen and oxygen atoms in total. The zero-order chi connectivity index (χ0) is 21.8. The van der Waals surface area contributed by atoms with E-state index in [1.54, 1.807) is 18.3 Å². The fourth-order valence-corrected chi connectivity index (χ4v) is 3.12. The van der Waals surface area contributed by atoms with Gasteiger partial charge in [0.05, 0.1) is 17.9 Å². The van der Waals surface area contributed by atoms with Crippen molar-refractivity contribution in [1.82, 2.24) is 4.98 Å². The van der Waals surface area contributed by atoms with E-state index in [9.17, 15) is 18.0 Å². The number of alkyl halides is 3. The summed E-state index contributed by atoms with van der Waals surface area (Å²) in [6.45, 7) is 1.01. The molecule has 31 heavy (non-hydrogen) atoms. The van der Waals surface area contributed by atoms with Gasteiger partial charge in [0.2, 0.25) is 0 Å². The van der Waals surface area contributed by atoms with Crippen LogP contribution in [0.2, 0.25) is 0 Å². The average molecular weight is 430 g/mol. The number of hydrogen-bond donors (Lipinski definition) is 2. The third kappa shape index (κ3) is 4.97. The highest BCUT2D eigenvalue weighted by molar-refractivity contribution is 6.01. The predicted molar refractivity (Wildman–Crippen MR) is 109 cm³/mol. The van der Waals surface area contributed by atoms with Crippen LogP contribution in [0.4, 0.5) is 40.8 Å². The monoisotopic (exact) mass is 430 g/mol. The molecule has 2 N–H and O–H groups in total. The molecule has 0 aliphatic carbocycles. The van der Waals surface area contributed by atoms with E-state index in [2.05, 4.69) is 20.4 Å². The highest BCUT2D eigenvalue weighted by atomic mass is 19.4. The van der Waals surface area contributed by atoms with Gasteiger partial charge in [0.1, 0.15) is 18.1 Å². The molecule has 4 rings (SSSR count). The molecule has 3 aromatic rings. The molecule has 0 saturated carbocycles. The molecular weight excluding hydrogens is 413 g/mol. The number of nitrogens with one attached hydrogen (secondary N) is 2. The van der Waals surface area contributed by atoms with Crippen LogP contribution < -0.4 is 25.0 Å². The Bertz CT molecular complexity index is 1070. The van der Waals surface area contributed by atoms with Crippen LogP contribution in [0, 0.1) is 0 Å². The van der Waals surface area contributed by atoms with Gasteiger partial charge in [0.25, 0.3) is 0 Å². The first-order valence-electron chi connectivity index (χ1n) is 9.27. The van der Waals surface area contributed by atoms with Crippen molar-refractivity contribution in [2.75, 3.05) is 28.7 Å². The number of benzene rings is 2. The second-order valence-corrected chi connectivity index (χ2v) is 6.49. The number of rotatable bonds is 4. The number of aromatic nitrogens is 1. The van der Waals surface area contributed by atoms with Gasteiger partial charge < -0.3 is 25.0 Å². The molecule has 0 fully saturated rings. The van der Waals surface area contributed by atoms with Gasteiger partial charge in [-0.1, -0.05) is 12.1 Å². The molecule has 0 spiro atoms. The molecule has 0 atom stereocenters. The Morgan fingerprint density at radius 1 is 1.03 bits per heavy atom. The maximum atomic E-state index is 12.5. The zero-order valence-corrected chi connectivity index (χ0v) is 16.0. The standard InChI is InChI=1S/C21H17F3N4O3/c22-21(23,24)31-15-9-7-14(8-10-15)26-20(29)27-16-4-3-11-25-19(16)28-12-13-30-18-6-2-1-5-17(18)28/h1-11H,12-13H2,(H2,26,27,29). The molecule has 2 heterocycles. The van der Waals surface area contributed by atoms with Crippen molar-refractivity contribution < 1.29 is 27.4 Å². The Balaban J connectivity index is 1.48. The zero-order valence-electron chi connectivity index (χ0n) is 16.0. The molecule has 2 aromatic carbocycles. The van der Waals surface area contributed by atoms with E-state index in [-0.39, 0.29) is 5.75 Å². The highest BCUT2D eigenvalue weighted by Crippen LogP contribution is 2.38. The minimum atomic E-state index is -4.78. The van der Waals surface area contributed by atoms with Crippen molar-refractivity contribution in [1.29, 1.82) is 0 Å². The summed E-state index contributed by atoms with van der Waals surface area (Å²) in [5.41, 5.74) is 1.60. The summed E-state index contributed by atoms with van der Waals surface area (Å²) < 4.78 is 46.3. The van der Waals surface area contributed by atoms with Gasteiger partial charge in [-0.05, 0) is 48.5 Å². The second kappa shape index (κ2) is 8.42. The fourth-order valence-electron chi connectivity index (χ4n) is 3.12. The van der Waals surface area contributed by atoms with Crippen LogP contribution in [0.15, 0.2) is 66.9 Å². The molecule has 160 valence electrons. The van der Waals surface area contributed by atoms with Crippen LogP contribution in [-0.4, -0.2) is 30.5 Å². The number of para-hydroxylation sites is 2. The predicted octanol–water partition coefficient (Wildman–Crippen LogP) is 5.15. The lowest BCUT2D eigenvalue weighted by Gasteiger charge is -2.31. The average Bonchev–Trinajstić information content (AvgIpc) is 2.74. The lowest BCUT2D eigenvalue weighted by Crippen LogP contribution is -2.30. The number of hydrogen-bond acceptors (Lipinski definition) is 5. The summed E-state index contributed by atoms with van der Waals surface area (Å²) in [6.07, 6.45) is -3.16. The van der Waals surface area contributed by atoms with E-state index in [1.165, 1.54) is 12.1 Å². The first-order chi connectivity index (χ1) is 14.9. The Kier molecular flexibility index (Phi) is 5.52. The molecule has 1 aliphatic rings. The van der Waals surface area contributed by atoms with Crippen LogP contribution in [0.25, 0.3) is 0 Å². The van der Waals surface area contributed by atoms with Gasteiger partial charge in [-0.3, -0.25) is 0 Å². The molecule has 0 unspecified atom stereocenters. The minimum absolute atomic E-state index is 0.300. The van der Waals surface area contributed by atoms with E-state index in [1.807, 2.05) is 29.2 Å². The van der Waals surface area contributed by atoms with E-state index in [0.717, 1.165) is 23.6 Å². The molecule has 10 heteroatoms. The number of fused-ring (bicyclic) bond motifs is 1. The lowest BCUT2D eigenvalue weighted by molar-refractivity contribution is -0.274. The van der Waals surface area contributed by atoms with Crippen molar-refractivity contribution >= 4 is 28.9 Å². The van der Waals surface area contributed by atoms with Crippen molar-refractivity contribution in [3.63, 3.8) is 0 Å². The first-order valence-corrected chi connectivity index (χ1v) is 9.27. The fraction of sp³-hybridized carbons (Fsp3) is 0.143. The van der Waals surface area contributed by atoms with E-state index in [4.69, 9.17) is 4.74 Å². The van der Waals surface area contributed by atoms with Crippen LogP contribution in [-0.2, 0) is 0 Å². The number of amides is 2. The Morgan fingerprint density at radius 2 is 1.81 bits per heavy atom. The smallest absolute Gasteiger partial charge is 0.490 e. The summed E-state index contributed by atoms with van der Waals surface area (Å²) in [7, 11) is 0. The summed E-state index contributed by atoms with van der Waals surface area (Å²) >= 11 is 0. The first kappa shape index (κ1) is 20.3. The third-order valence-corrected chi connectivity index (χ3v) is 4.36. The maximum absolute atomic E-state index is 12.5. The van der Waals surface area contributed by atoms with Crippen molar-refractivity contribution in [3.05, 3.63) is 66.9 Å². The number of halogens is 3. The van der Waals surface area contributed by atoms with Gasteiger partial charge in [-0.2, -0.15) is 0 Å². The van der Waals surface area contributed by atoms with Crippen LogP contribution >= 0.6 is 0 Å². The highest BCUT2D eigenvalue weighted by Gasteiger charge is 2.31. The van der Waals surface area contributed by atoms with Gasteiger partial charge in [-0.25, -0.2) is 9.78 Å². The van der Waals surface area contributed by atoms with Crippen molar-refractivity contribution in [3.8, 4) is 11.5 Å². The second-order valence-electron chi connectivity index (χ2n) is 6.49. The Hall–Kier alpha value is -3.95. The van der Waals surface area contributed by atoms with Crippen molar-refractivity contribution in [2.24, 2.45) is 0 Å². The minimum Gasteiger partial charge on any atom is -0.490 e. The number of urea groups is 1. The molecule has 1 aliphatic heterocycles.